The van der Waals surface area contributed by atoms with Gasteiger partial charge in [0.15, 0.2) is 0 Å². The van der Waals surface area contributed by atoms with Gasteiger partial charge < -0.3 is 4.90 Å². The second-order valence-electron chi connectivity index (χ2n) is 6.97. The van der Waals surface area contributed by atoms with Crippen LogP contribution in [0.2, 0.25) is 0 Å². The number of benzene rings is 1. The van der Waals surface area contributed by atoms with Crippen molar-refractivity contribution in [3.05, 3.63) is 35.6 Å². The Morgan fingerprint density at radius 2 is 1.95 bits per heavy atom. The summed E-state index contributed by atoms with van der Waals surface area (Å²) in [7, 11) is 0. The highest BCUT2D eigenvalue weighted by Crippen LogP contribution is 2.48. The van der Waals surface area contributed by atoms with Crippen molar-refractivity contribution in [3.8, 4) is 0 Å². The summed E-state index contributed by atoms with van der Waals surface area (Å²) >= 11 is 0. The number of hydrogen-bond donors (Lipinski definition) is 1. The maximum atomic E-state index is 13.2. The van der Waals surface area contributed by atoms with Crippen molar-refractivity contribution in [2.24, 2.45) is 5.92 Å². The van der Waals surface area contributed by atoms with Crippen LogP contribution in [0.5, 0.6) is 0 Å². The summed E-state index contributed by atoms with van der Waals surface area (Å²) in [5, 5.41) is 3.52. The Labute approximate surface area is 124 Å². The molecule has 3 unspecified atom stereocenters. The molecule has 1 N–H and O–H groups in total. The minimum absolute atomic E-state index is 0.0871. The first-order chi connectivity index (χ1) is 10.1. The lowest BCUT2D eigenvalue weighted by molar-refractivity contribution is -0.133. The molecule has 1 saturated heterocycles. The highest BCUT2D eigenvalue weighted by Gasteiger charge is 2.60. The molecule has 2 saturated carbocycles. The lowest BCUT2D eigenvalue weighted by Gasteiger charge is -2.30. The first-order valence-electron chi connectivity index (χ1n) is 7.95. The molecule has 1 aromatic carbocycles. The zero-order valence-corrected chi connectivity index (χ0v) is 12.3. The fourth-order valence-corrected chi connectivity index (χ4v) is 3.94. The van der Waals surface area contributed by atoms with Gasteiger partial charge >= 0.3 is 0 Å². The van der Waals surface area contributed by atoms with Gasteiger partial charge in [-0.25, -0.2) is 4.39 Å². The largest absolute Gasteiger partial charge is 0.318 e. The first-order valence-corrected chi connectivity index (χ1v) is 7.95. The van der Waals surface area contributed by atoms with E-state index in [4.69, 9.17) is 0 Å². The average molecular weight is 288 g/mol. The Morgan fingerprint density at radius 3 is 2.52 bits per heavy atom. The van der Waals surface area contributed by atoms with Gasteiger partial charge in [-0.1, -0.05) is 19.1 Å². The standard InChI is InChI=1S/C17H21FN2O/c1-11-2-7-14(10-11)20-15(12-3-5-13(18)6-4-12)19-17(8-9-17)16(20)21/h3-6,11,14-15,19H,2,7-10H2,1H3. The lowest BCUT2D eigenvalue weighted by Crippen LogP contribution is -2.39. The molecule has 3 aliphatic rings. The molecule has 4 rings (SSSR count). The van der Waals surface area contributed by atoms with Crippen LogP contribution in [-0.4, -0.2) is 22.4 Å². The molecule has 3 nitrogen and oxygen atoms in total. The quantitative estimate of drug-likeness (QED) is 0.907. The summed E-state index contributed by atoms with van der Waals surface area (Å²) in [6.45, 7) is 2.26. The Morgan fingerprint density at radius 1 is 1.24 bits per heavy atom. The second-order valence-corrected chi connectivity index (χ2v) is 6.97. The Kier molecular flexibility index (Phi) is 2.86. The molecule has 1 aromatic rings. The van der Waals surface area contributed by atoms with Crippen LogP contribution in [0.3, 0.4) is 0 Å². The summed E-state index contributed by atoms with van der Waals surface area (Å²) in [4.78, 5) is 14.9. The van der Waals surface area contributed by atoms with Crippen LogP contribution in [0.1, 0.15) is 50.8 Å². The van der Waals surface area contributed by atoms with Crippen LogP contribution in [-0.2, 0) is 4.79 Å². The van der Waals surface area contributed by atoms with Gasteiger partial charge in [0.25, 0.3) is 0 Å². The summed E-state index contributed by atoms with van der Waals surface area (Å²) in [5.41, 5.74) is 0.679. The van der Waals surface area contributed by atoms with Gasteiger partial charge in [0.05, 0.1) is 0 Å². The van der Waals surface area contributed by atoms with Crippen molar-refractivity contribution in [3.63, 3.8) is 0 Å². The molecule has 0 radical (unpaired) electrons. The van der Waals surface area contributed by atoms with Crippen LogP contribution in [0.15, 0.2) is 24.3 Å². The van der Waals surface area contributed by atoms with E-state index in [1.165, 1.54) is 18.6 Å². The number of halogens is 1. The van der Waals surface area contributed by atoms with Gasteiger partial charge in [0.1, 0.15) is 17.5 Å². The smallest absolute Gasteiger partial charge is 0.244 e. The van der Waals surface area contributed by atoms with Crippen LogP contribution in [0, 0.1) is 11.7 Å². The Balaban J connectivity index is 1.67. The van der Waals surface area contributed by atoms with E-state index in [2.05, 4.69) is 17.1 Å². The van der Waals surface area contributed by atoms with Crippen molar-refractivity contribution in [1.82, 2.24) is 10.2 Å². The number of carbonyl (C=O) groups excluding carboxylic acids is 1. The first kappa shape index (κ1) is 13.3. The third kappa shape index (κ3) is 2.08. The molecular weight excluding hydrogens is 267 g/mol. The maximum absolute atomic E-state index is 13.2. The molecule has 112 valence electrons. The maximum Gasteiger partial charge on any atom is 0.244 e. The summed E-state index contributed by atoms with van der Waals surface area (Å²) in [5.74, 6) is 0.716. The van der Waals surface area contributed by atoms with E-state index in [1.54, 1.807) is 12.1 Å². The van der Waals surface area contributed by atoms with Gasteiger partial charge in [0.2, 0.25) is 5.91 Å². The Bertz CT molecular complexity index is 567. The van der Waals surface area contributed by atoms with Crippen molar-refractivity contribution in [2.75, 3.05) is 0 Å². The predicted octanol–water partition coefficient (Wildman–Crippen LogP) is 2.98. The minimum atomic E-state index is -0.315. The average Bonchev–Trinajstić information content (AvgIpc) is 3.04. The SMILES string of the molecule is CC1CCC(N2C(=O)C3(CC3)NC2c2ccc(F)cc2)C1. The fraction of sp³-hybridized carbons (Fsp3) is 0.588. The lowest BCUT2D eigenvalue weighted by atomic mass is 10.1. The van der Waals surface area contributed by atoms with Gasteiger partial charge in [-0.05, 0) is 55.7 Å². The summed E-state index contributed by atoms with van der Waals surface area (Å²) in [6.07, 6.45) is 5.14. The molecule has 0 bridgehead atoms. The van der Waals surface area contributed by atoms with Crippen LogP contribution < -0.4 is 5.32 Å². The van der Waals surface area contributed by atoms with Crippen LogP contribution in [0.25, 0.3) is 0 Å². The second kappa shape index (κ2) is 4.54. The van der Waals surface area contributed by atoms with E-state index in [0.717, 1.165) is 31.2 Å². The van der Waals surface area contributed by atoms with E-state index in [1.807, 2.05) is 0 Å². The number of nitrogens with zero attached hydrogens (tertiary/aromatic N) is 1. The van der Waals surface area contributed by atoms with Gasteiger partial charge in [0, 0.05) is 6.04 Å². The van der Waals surface area contributed by atoms with Crippen molar-refractivity contribution in [1.29, 1.82) is 0 Å². The fourth-order valence-electron chi connectivity index (χ4n) is 3.94. The van der Waals surface area contributed by atoms with Crippen molar-refractivity contribution >= 4 is 5.91 Å². The molecule has 1 amide bonds. The Hall–Kier alpha value is -1.42. The molecule has 4 heteroatoms. The molecule has 1 aliphatic heterocycles. The number of carbonyl (C=O) groups is 1. The minimum Gasteiger partial charge on any atom is -0.318 e. The number of nitrogens with one attached hydrogen (secondary N) is 1. The normalized spacial score (nSPS) is 33.9. The van der Waals surface area contributed by atoms with Gasteiger partial charge in [-0.15, -0.1) is 0 Å². The topological polar surface area (TPSA) is 32.3 Å². The number of hydrogen-bond acceptors (Lipinski definition) is 2. The van der Waals surface area contributed by atoms with Crippen molar-refractivity contribution in [2.45, 2.75) is 56.8 Å². The molecular formula is C17H21FN2O. The third-order valence-corrected chi connectivity index (χ3v) is 5.33. The molecule has 3 atom stereocenters. The number of rotatable bonds is 2. The third-order valence-electron chi connectivity index (χ3n) is 5.33. The van der Waals surface area contributed by atoms with E-state index < -0.39 is 0 Å². The van der Waals surface area contributed by atoms with E-state index in [-0.39, 0.29) is 23.4 Å². The highest BCUT2D eigenvalue weighted by molar-refractivity contribution is 5.92. The molecule has 1 spiro atoms. The summed E-state index contributed by atoms with van der Waals surface area (Å²) in [6, 6.07) is 6.89. The molecule has 2 aliphatic carbocycles. The van der Waals surface area contributed by atoms with Gasteiger partial charge in [-0.3, -0.25) is 10.1 Å². The van der Waals surface area contributed by atoms with Crippen LogP contribution >= 0.6 is 0 Å². The van der Waals surface area contributed by atoms with E-state index in [9.17, 15) is 9.18 Å². The van der Waals surface area contributed by atoms with Gasteiger partial charge in [-0.2, -0.15) is 0 Å². The van der Waals surface area contributed by atoms with Crippen molar-refractivity contribution < 1.29 is 9.18 Å². The monoisotopic (exact) mass is 288 g/mol. The summed E-state index contributed by atoms with van der Waals surface area (Å²) < 4.78 is 13.2. The molecule has 0 aromatic heterocycles. The number of amides is 1. The molecule has 21 heavy (non-hydrogen) atoms. The zero-order chi connectivity index (χ0) is 14.6. The van der Waals surface area contributed by atoms with E-state index >= 15 is 0 Å². The molecule has 3 fully saturated rings. The molecule has 1 heterocycles. The van der Waals surface area contributed by atoms with Crippen LogP contribution in [0.4, 0.5) is 4.39 Å². The highest BCUT2D eigenvalue weighted by atomic mass is 19.1. The predicted molar refractivity (Wildman–Crippen MR) is 77.9 cm³/mol. The zero-order valence-electron chi connectivity index (χ0n) is 12.3. The van der Waals surface area contributed by atoms with E-state index in [0.29, 0.717) is 12.0 Å².